The average molecular weight is 276 g/mol. The molecular formula is C15H20N2O3. The highest BCUT2D eigenvalue weighted by Gasteiger charge is 2.35. The number of nitro groups is 1. The summed E-state index contributed by atoms with van der Waals surface area (Å²) in [6.07, 6.45) is 6.30. The van der Waals surface area contributed by atoms with Gasteiger partial charge in [0.25, 0.3) is 5.69 Å². The number of hydrogen-bond acceptors (Lipinski definition) is 4. The number of aliphatic hydroxyl groups is 1. The summed E-state index contributed by atoms with van der Waals surface area (Å²) in [7, 11) is 0. The lowest BCUT2D eigenvalue weighted by molar-refractivity contribution is -0.385. The minimum atomic E-state index is -0.427. The van der Waals surface area contributed by atoms with Crippen LogP contribution in [0.2, 0.25) is 0 Å². The number of rotatable bonds is 3. The molecule has 108 valence electrons. The number of piperidine rings is 1. The van der Waals surface area contributed by atoms with E-state index in [9.17, 15) is 15.2 Å². The van der Waals surface area contributed by atoms with E-state index < -0.39 is 4.92 Å². The third kappa shape index (κ3) is 2.26. The smallest absolute Gasteiger partial charge is 0.275 e. The molecule has 0 amide bonds. The van der Waals surface area contributed by atoms with E-state index in [-0.39, 0.29) is 12.3 Å². The van der Waals surface area contributed by atoms with Gasteiger partial charge in [-0.05, 0) is 43.7 Å². The third-order valence-corrected chi connectivity index (χ3v) is 4.75. The Morgan fingerprint density at radius 1 is 1.30 bits per heavy atom. The highest BCUT2D eigenvalue weighted by molar-refractivity contribution is 5.56. The fraction of sp³-hybridized carbons (Fsp3) is 0.600. The van der Waals surface area contributed by atoms with Crippen molar-refractivity contribution in [1.29, 1.82) is 0 Å². The number of aliphatic hydroxyl groups excluding tert-OH is 1. The van der Waals surface area contributed by atoms with E-state index in [0.717, 1.165) is 18.2 Å². The van der Waals surface area contributed by atoms with Gasteiger partial charge in [-0.2, -0.15) is 0 Å². The number of nitrogens with zero attached hydrogens (tertiary/aromatic N) is 2. The zero-order valence-electron chi connectivity index (χ0n) is 11.5. The first-order chi connectivity index (χ1) is 9.70. The molecule has 5 nitrogen and oxygen atoms in total. The quantitative estimate of drug-likeness (QED) is 0.681. The van der Waals surface area contributed by atoms with Crippen LogP contribution in [0.1, 0.15) is 37.7 Å². The van der Waals surface area contributed by atoms with Crippen LogP contribution in [-0.4, -0.2) is 22.6 Å². The van der Waals surface area contributed by atoms with Crippen LogP contribution >= 0.6 is 0 Å². The van der Waals surface area contributed by atoms with E-state index >= 15 is 0 Å². The zero-order valence-corrected chi connectivity index (χ0v) is 11.5. The second-order valence-corrected chi connectivity index (χ2v) is 5.82. The van der Waals surface area contributed by atoms with E-state index in [0.29, 0.717) is 11.6 Å². The van der Waals surface area contributed by atoms with Gasteiger partial charge in [-0.25, -0.2) is 0 Å². The Balaban J connectivity index is 1.91. The molecular weight excluding hydrogens is 256 g/mol. The van der Waals surface area contributed by atoms with Crippen LogP contribution < -0.4 is 4.90 Å². The Bertz CT molecular complexity index is 518. The Morgan fingerprint density at radius 3 is 2.85 bits per heavy atom. The number of fused-ring (bicyclic) bond motifs is 1. The summed E-state index contributed by atoms with van der Waals surface area (Å²) in [5.41, 5.74) is 1.44. The first-order valence-electron chi connectivity index (χ1n) is 7.35. The molecule has 0 bridgehead atoms. The minimum Gasteiger partial charge on any atom is -0.391 e. The molecule has 0 radical (unpaired) electrons. The zero-order chi connectivity index (χ0) is 14.1. The average Bonchev–Trinajstić information content (AvgIpc) is 2.94. The van der Waals surface area contributed by atoms with Gasteiger partial charge >= 0.3 is 0 Å². The summed E-state index contributed by atoms with van der Waals surface area (Å²) in [4.78, 5) is 12.9. The summed E-state index contributed by atoms with van der Waals surface area (Å²) in [5, 5.41) is 20.3. The van der Waals surface area contributed by atoms with Crippen molar-refractivity contribution in [3.63, 3.8) is 0 Å². The van der Waals surface area contributed by atoms with Gasteiger partial charge < -0.3 is 10.0 Å². The molecule has 2 atom stereocenters. The van der Waals surface area contributed by atoms with E-state index in [2.05, 4.69) is 4.90 Å². The van der Waals surface area contributed by atoms with Crippen molar-refractivity contribution in [3.05, 3.63) is 33.9 Å². The van der Waals surface area contributed by atoms with Gasteiger partial charge in [0, 0.05) is 24.3 Å². The summed E-state index contributed by atoms with van der Waals surface area (Å²) in [6, 6.07) is 5.73. The van der Waals surface area contributed by atoms with Crippen LogP contribution in [0.5, 0.6) is 0 Å². The molecule has 1 N–H and O–H groups in total. The summed E-state index contributed by atoms with van der Waals surface area (Å²) in [5.74, 6) is 0.775. The number of anilines is 1. The van der Waals surface area contributed by atoms with Crippen molar-refractivity contribution in [2.75, 3.05) is 11.4 Å². The Hall–Kier alpha value is -1.62. The van der Waals surface area contributed by atoms with Crippen LogP contribution in [0.4, 0.5) is 11.4 Å². The number of benzene rings is 1. The number of hydrogen-bond donors (Lipinski definition) is 1. The van der Waals surface area contributed by atoms with Gasteiger partial charge in [0.2, 0.25) is 0 Å². The molecule has 5 heteroatoms. The van der Waals surface area contributed by atoms with Gasteiger partial charge in [-0.3, -0.25) is 10.1 Å². The van der Waals surface area contributed by atoms with E-state index in [1.54, 1.807) is 6.07 Å². The fourth-order valence-corrected chi connectivity index (χ4v) is 3.83. The van der Waals surface area contributed by atoms with Gasteiger partial charge in [-0.1, -0.05) is 6.42 Å². The first-order valence-corrected chi connectivity index (χ1v) is 7.35. The molecule has 1 heterocycles. The maximum atomic E-state index is 10.9. The maximum absolute atomic E-state index is 10.9. The van der Waals surface area contributed by atoms with E-state index in [1.807, 2.05) is 6.07 Å². The normalized spacial score (nSPS) is 25.6. The molecule has 1 aliphatic heterocycles. The van der Waals surface area contributed by atoms with Gasteiger partial charge in [-0.15, -0.1) is 0 Å². The minimum absolute atomic E-state index is 0.0104. The molecule has 2 unspecified atom stereocenters. The largest absolute Gasteiger partial charge is 0.391 e. The molecule has 0 spiro atoms. The van der Waals surface area contributed by atoms with E-state index in [1.165, 1.54) is 38.2 Å². The first kappa shape index (κ1) is 13.4. The summed E-state index contributed by atoms with van der Waals surface area (Å²) in [6.45, 7) is 0.732. The van der Waals surface area contributed by atoms with Crippen molar-refractivity contribution >= 4 is 11.4 Å². The van der Waals surface area contributed by atoms with Gasteiger partial charge in [0.1, 0.15) is 0 Å². The molecule has 1 aromatic rings. The second-order valence-electron chi connectivity index (χ2n) is 5.82. The maximum Gasteiger partial charge on any atom is 0.275 e. The molecule has 3 rings (SSSR count). The Morgan fingerprint density at radius 2 is 2.10 bits per heavy atom. The molecule has 1 saturated carbocycles. The molecule has 1 aromatic carbocycles. The SMILES string of the molecule is O=[N+]([O-])c1ccc(N2CCCC3CCCC32)cc1CO. The molecule has 0 aromatic heterocycles. The predicted octanol–water partition coefficient (Wildman–Crippen LogP) is 2.86. The van der Waals surface area contributed by atoms with Crippen LogP contribution in [-0.2, 0) is 6.61 Å². The topological polar surface area (TPSA) is 66.6 Å². The van der Waals surface area contributed by atoms with Crippen LogP contribution in [0.15, 0.2) is 18.2 Å². The Kier molecular flexibility index (Phi) is 3.61. The summed E-state index contributed by atoms with van der Waals surface area (Å²) >= 11 is 0. The van der Waals surface area contributed by atoms with Crippen molar-refractivity contribution < 1.29 is 10.0 Å². The predicted molar refractivity (Wildman–Crippen MR) is 76.7 cm³/mol. The van der Waals surface area contributed by atoms with Crippen LogP contribution in [0, 0.1) is 16.0 Å². The lowest BCUT2D eigenvalue weighted by Crippen LogP contribution is -2.42. The van der Waals surface area contributed by atoms with Crippen molar-refractivity contribution in [2.24, 2.45) is 5.92 Å². The van der Waals surface area contributed by atoms with Gasteiger partial charge in [0.15, 0.2) is 0 Å². The molecule has 2 fully saturated rings. The van der Waals surface area contributed by atoms with Crippen LogP contribution in [0.3, 0.4) is 0 Å². The Labute approximate surface area is 118 Å². The van der Waals surface area contributed by atoms with Crippen molar-refractivity contribution in [3.8, 4) is 0 Å². The molecule has 20 heavy (non-hydrogen) atoms. The summed E-state index contributed by atoms with van der Waals surface area (Å²) < 4.78 is 0. The van der Waals surface area contributed by atoms with E-state index in [4.69, 9.17) is 0 Å². The molecule has 1 saturated heterocycles. The lowest BCUT2D eigenvalue weighted by atomic mass is 9.91. The van der Waals surface area contributed by atoms with Crippen molar-refractivity contribution in [2.45, 2.75) is 44.8 Å². The van der Waals surface area contributed by atoms with Crippen LogP contribution in [0.25, 0.3) is 0 Å². The monoisotopic (exact) mass is 276 g/mol. The lowest BCUT2D eigenvalue weighted by Gasteiger charge is -2.39. The second kappa shape index (κ2) is 5.40. The fourth-order valence-electron chi connectivity index (χ4n) is 3.83. The molecule has 1 aliphatic carbocycles. The highest BCUT2D eigenvalue weighted by atomic mass is 16.6. The highest BCUT2D eigenvalue weighted by Crippen LogP contribution is 2.39. The standard InChI is InChI=1S/C15H20N2O3/c18-10-12-9-13(6-7-15(12)17(19)20)16-8-2-4-11-3-1-5-14(11)16/h6-7,9,11,14,18H,1-5,8,10H2. The van der Waals surface area contributed by atoms with Gasteiger partial charge in [0.05, 0.1) is 17.1 Å². The number of nitro benzene ring substituents is 1. The third-order valence-electron chi connectivity index (χ3n) is 4.75. The van der Waals surface area contributed by atoms with Crippen molar-refractivity contribution in [1.82, 2.24) is 0 Å². The molecule has 2 aliphatic rings.